The van der Waals surface area contributed by atoms with Crippen LogP contribution in [0.25, 0.3) is 10.2 Å². The van der Waals surface area contributed by atoms with Crippen molar-refractivity contribution in [2.45, 2.75) is 51.0 Å². The molecule has 1 saturated carbocycles. The van der Waals surface area contributed by atoms with E-state index in [4.69, 9.17) is 0 Å². The van der Waals surface area contributed by atoms with Gasteiger partial charge in [0, 0.05) is 13.0 Å². The van der Waals surface area contributed by atoms with Gasteiger partial charge in [-0.1, -0.05) is 30.2 Å². The second kappa shape index (κ2) is 6.92. The number of nitrogens with one attached hydrogen (secondary N) is 2. The van der Waals surface area contributed by atoms with E-state index >= 15 is 0 Å². The van der Waals surface area contributed by atoms with Gasteiger partial charge in [0.15, 0.2) is 5.13 Å². The highest BCUT2D eigenvalue weighted by atomic mass is 32.1. The van der Waals surface area contributed by atoms with Crippen LogP contribution in [-0.2, 0) is 9.59 Å². The predicted molar refractivity (Wildman–Crippen MR) is 104 cm³/mol. The van der Waals surface area contributed by atoms with Crippen LogP contribution in [0, 0.1) is 6.92 Å². The molecule has 2 fully saturated rings. The maximum Gasteiger partial charge on any atom is 0.325 e. The van der Waals surface area contributed by atoms with Crippen LogP contribution in [0.2, 0.25) is 0 Å². The molecule has 2 aliphatic rings. The molecular formula is C19H22N4O3S. The number of imide groups is 1. The van der Waals surface area contributed by atoms with Crippen molar-refractivity contribution in [2.75, 3.05) is 11.9 Å². The number of urea groups is 1. The van der Waals surface area contributed by atoms with Crippen LogP contribution in [0.1, 0.15) is 44.1 Å². The van der Waals surface area contributed by atoms with Gasteiger partial charge in [-0.3, -0.25) is 14.5 Å². The SMILES string of the molecule is Cc1ccc2nc(NC(=O)CCCN3C(=O)NC4(CCCC4)C3=O)sc2c1. The Kier molecular flexibility index (Phi) is 4.59. The monoisotopic (exact) mass is 386 g/mol. The zero-order valence-corrected chi connectivity index (χ0v) is 16.0. The highest BCUT2D eigenvalue weighted by Crippen LogP contribution is 2.35. The minimum atomic E-state index is -0.682. The van der Waals surface area contributed by atoms with Crippen LogP contribution in [0.4, 0.5) is 9.93 Å². The molecule has 0 unspecified atom stereocenters. The first kappa shape index (κ1) is 17.9. The van der Waals surface area contributed by atoms with Crippen molar-refractivity contribution < 1.29 is 14.4 Å². The average molecular weight is 386 g/mol. The Labute approximate surface area is 161 Å². The van der Waals surface area contributed by atoms with E-state index in [1.54, 1.807) is 0 Å². The molecule has 1 spiro atoms. The summed E-state index contributed by atoms with van der Waals surface area (Å²) in [6.45, 7) is 2.28. The van der Waals surface area contributed by atoms with Gasteiger partial charge in [-0.05, 0) is 43.9 Å². The summed E-state index contributed by atoms with van der Waals surface area (Å²) in [6, 6.07) is 5.64. The number of carbonyl (C=O) groups excluding carboxylic acids is 3. The number of fused-ring (bicyclic) bond motifs is 1. The van der Waals surface area contributed by atoms with E-state index in [9.17, 15) is 14.4 Å². The Bertz CT molecular complexity index is 917. The molecule has 7 nitrogen and oxygen atoms in total. The summed E-state index contributed by atoms with van der Waals surface area (Å²) in [5.41, 5.74) is 1.33. The van der Waals surface area contributed by atoms with Gasteiger partial charge < -0.3 is 10.6 Å². The first-order chi connectivity index (χ1) is 13.0. The molecule has 0 bridgehead atoms. The summed E-state index contributed by atoms with van der Waals surface area (Å²) in [5, 5.41) is 6.24. The van der Waals surface area contributed by atoms with E-state index in [0.717, 1.165) is 28.6 Å². The second-order valence-electron chi connectivity index (χ2n) is 7.32. The number of rotatable bonds is 5. The Balaban J connectivity index is 1.30. The fourth-order valence-corrected chi connectivity index (χ4v) is 4.84. The zero-order valence-electron chi connectivity index (χ0n) is 15.2. The summed E-state index contributed by atoms with van der Waals surface area (Å²) in [6.07, 6.45) is 4.02. The van der Waals surface area contributed by atoms with Gasteiger partial charge >= 0.3 is 6.03 Å². The number of hydrogen-bond donors (Lipinski definition) is 2. The molecule has 1 aromatic heterocycles. The number of benzene rings is 1. The molecule has 8 heteroatoms. The summed E-state index contributed by atoms with van der Waals surface area (Å²) >= 11 is 1.44. The van der Waals surface area contributed by atoms with Crippen molar-refractivity contribution in [2.24, 2.45) is 0 Å². The zero-order chi connectivity index (χ0) is 19.0. The van der Waals surface area contributed by atoms with Crippen LogP contribution < -0.4 is 10.6 Å². The lowest BCUT2D eigenvalue weighted by molar-refractivity contribution is -0.131. The molecule has 2 heterocycles. The number of thiazole rings is 1. The van der Waals surface area contributed by atoms with Crippen molar-refractivity contribution >= 4 is 44.5 Å². The number of carbonyl (C=O) groups is 3. The number of amides is 4. The summed E-state index contributed by atoms with van der Waals surface area (Å²) < 4.78 is 1.03. The van der Waals surface area contributed by atoms with E-state index in [1.807, 2.05) is 25.1 Å². The topological polar surface area (TPSA) is 91.4 Å². The Hall–Kier alpha value is -2.48. The molecule has 1 saturated heterocycles. The molecule has 2 N–H and O–H groups in total. The fraction of sp³-hybridized carbons (Fsp3) is 0.474. The van der Waals surface area contributed by atoms with Gasteiger partial charge in [0.1, 0.15) is 5.54 Å². The Morgan fingerprint density at radius 2 is 2.11 bits per heavy atom. The third-order valence-corrected chi connectivity index (χ3v) is 6.21. The number of aromatic nitrogens is 1. The Morgan fingerprint density at radius 1 is 1.33 bits per heavy atom. The van der Waals surface area contributed by atoms with E-state index in [1.165, 1.54) is 16.2 Å². The average Bonchev–Trinajstić information content (AvgIpc) is 3.29. The predicted octanol–water partition coefficient (Wildman–Crippen LogP) is 3.19. The minimum absolute atomic E-state index is 0.132. The summed E-state index contributed by atoms with van der Waals surface area (Å²) in [4.78, 5) is 42.6. The molecule has 4 amide bonds. The number of hydrogen-bond acceptors (Lipinski definition) is 5. The van der Waals surface area contributed by atoms with Crippen LogP contribution in [0.3, 0.4) is 0 Å². The van der Waals surface area contributed by atoms with E-state index in [0.29, 0.717) is 24.4 Å². The summed E-state index contributed by atoms with van der Waals surface area (Å²) in [7, 11) is 0. The van der Waals surface area contributed by atoms with Gasteiger partial charge in [-0.25, -0.2) is 9.78 Å². The molecule has 142 valence electrons. The number of aryl methyl sites for hydroxylation is 1. The first-order valence-electron chi connectivity index (χ1n) is 9.28. The third kappa shape index (κ3) is 3.41. The van der Waals surface area contributed by atoms with E-state index in [-0.39, 0.29) is 30.8 Å². The van der Waals surface area contributed by atoms with Crippen LogP contribution >= 0.6 is 11.3 Å². The lowest BCUT2D eigenvalue weighted by Gasteiger charge is -2.19. The highest BCUT2D eigenvalue weighted by Gasteiger charge is 2.51. The largest absolute Gasteiger partial charge is 0.325 e. The maximum atomic E-state index is 12.6. The van der Waals surface area contributed by atoms with Crippen molar-refractivity contribution in [3.05, 3.63) is 23.8 Å². The lowest BCUT2D eigenvalue weighted by Crippen LogP contribution is -2.44. The van der Waals surface area contributed by atoms with Gasteiger partial charge in [0.25, 0.3) is 5.91 Å². The summed E-state index contributed by atoms with van der Waals surface area (Å²) in [5.74, 6) is -0.291. The van der Waals surface area contributed by atoms with E-state index in [2.05, 4.69) is 15.6 Å². The molecule has 1 aromatic carbocycles. The molecule has 0 radical (unpaired) electrons. The number of nitrogens with zero attached hydrogens (tertiary/aromatic N) is 2. The van der Waals surface area contributed by atoms with Gasteiger partial charge in [-0.2, -0.15) is 0 Å². The van der Waals surface area contributed by atoms with Gasteiger partial charge in [-0.15, -0.1) is 0 Å². The molecular weight excluding hydrogens is 364 g/mol. The Morgan fingerprint density at radius 3 is 2.89 bits per heavy atom. The molecule has 0 atom stereocenters. The normalized spacial score (nSPS) is 18.5. The third-order valence-electron chi connectivity index (χ3n) is 5.28. The molecule has 27 heavy (non-hydrogen) atoms. The number of anilines is 1. The van der Waals surface area contributed by atoms with Crippen molar-refractivity contribution in [3.8, 4) is 0 Å². The second-order valence-corrected chi connectivity index (χ2v) is 8.35. The van der Waals surface area contributed by atoms with Gasteiger partial charge in [0.05, 0.1) is 10.2 Å². The quantitative estimate of drug-likeness (QED) is 0.772. The van der Waals surface area contributed by atoms with Crippen LogP contribution in [-0.4, -0.2) is 39.8 Å². The fourth-order valence-electron chi connectivity index (χ4n) is 3.86. The van der Waals surface area contributed by atoms with Crippen molar-refractivity contribution in [3.63, 3.8) is 0 Å². The van der Waals surface area contributed by atoms with Crippen LogP contribution in [0.15, 0.2) is 18.2 Å². The van der Waals surface area contributed by atoms with Crippen LogP contribution in [0.5, 0.6) is 0 Å². The lowest BCUT2D eigenvalue weighted by atomic mass is 9.98. The molecule has 4 rings (SSSR count). The molecule has 1 aliphatic heterocycles. The molecule has 1 aliphatic carbocycles. The maximum absolute atomic E-state index is 12.6. The molecule has 2 aromatic rings. The standard InChI is InChI=1S/C19H22N4O3S/c1-12-6-7-13-14(11-12)27-17(20-13)21-15(24)5-4-10-23-16(25)19(22-18(23)26)8-2-3-9-19/h6-7,11H,2-5,8-10H2,1H3,(H,22,26)(H,20,21,24). The van der Waals surface area contributed by atoms with E-state index < -0.39 is 5.54 Å². The van der Waals surface area contributed by atoms with Gasteiger partial charge in [0.2, 0.25) is 5.91 Å². The first-order valence-corrected chi connectivity index (χ1v) is 10.1. The smallest absolute Gasteiger partial charge is 0.323 e. The minimum Gasteiger partial charge on any atom is -0.323 e. The highest BCUT2D eigenvalue weighted by molar-refractivity contribution is 7.22. The van der Waals surface area contributed by atoms with Crippen molar-refractivity contribution in [1.29, 1.82) is 0 Å². The van der Waals surface area contributed by atoms with Crippen molar-refractivity contribution in [1.82, 2.24) is 15.2 Å².